The number of hydrogen-bond acceptors (Lipinski definition) is 4. The number of benzene rings is 2. The molecule has 0 spiro atoms. The quantitative estimate of drug-likeness (QED) is 0.602. The molecule has 3 rings (SSSR count). The summed E-state index contributed by atoms with van der Waals surface area (Å²) in [5.41, 5.74) is 3.32. The summed E-state index contributed by atoms with van der Waals surface area (Å²) in [5, 5.41) is 0. The van der Waals surface area contributed by atoms with Crippen molar-refractivity contribution in [2.45, 2.75) is 26.7 Å². The fraction of sp³-hybridized carbons (Fsp3) is 0.348. The highest BCUT2D eigenvalue weighted by molar-refractivity contribution is 6.16. The second kappa shape index (κ2) is 8.38. The van der Waals surface area contributed by atoms with Crippen LogP contribution in [0.15, 0.2) is 42.5 Å². The molecule has 1 fully saturated rings. The van der Waals surface area contributed by atoms with E-state index < -0.39 is 0 Å². The van der Waals surface area contributed by atoms with Crippen molar-refractivity contribution in [3.8, 4) is 0 Å². The van der Waals surface area contributed by atoms with Crippen molar-refractivity contribution in [2.24, 2.45) is 5.92 Å². The molecule has 5 heteroatoms. The van der Waals surface area contributed by atoms with E-state index in [0.29, 0.717) is 42.6 Å². The minimum absolute atomic E-state index is 0.144. The standard InChI is InChI=1S/C23H25NO4/c1-15-8-9-16(2)20(14-15)21(25)18-6-4-5-7-19(18)22(26)24-12-10-17(11-13-24)23(27)28-3/h4-9,14,17H,10-13H2,1-3H3. The number of rotatable bonds is 4. The summed E-state index contributed by atoms with van der Waals surface area (Å²) in [5.74, 6) is -0.703. The van der Waals surface area contributed by atoms with Crippen molar-refractivity contribution >= 4 is 17.7 Å². The third kappa shape index (κ3) is 3.98. The highest BCUT2D eigenvalue weighted by atomic mass is 16.5. The van der Waals surface area contributed by atoms with E-state index in [2.05, 4.69) is 0 Å². The van der Waals surface area contributed by atoms with E-state index in [9.17, 15) is 14.4 Å². The molecule has 2 aromatic carbocycles. The SMILES string of the molecule is COC(=O)C1CCN(C(=O)c2ccccc2C(=O)c2cc(C)ccc2C)CC1. The average molecular weight is 379 g/mol. The van der Waals surface area contributed by atoms with Gasteiger partial charge >= 0.3 is 5.97 Å². The zero-order chi connectivity index (χ0) is 20.3. The molecule has 0 saturated carbocycles. The Hall–Kier alpha value is -2.95. The van der Waals surface area contributed by atoms with Gasteiger partial charge in [0.25, 0.3) is 5.91 Å². The molecular weight excluding hydrogens is 354 g/mol. The summed E-state index contributed by atoms with van der Waals surface area (Å²) in [7, 11) is 1.38. The molecule has 0 bridgehead atoms. The molecule has 5 nitrogen and oxygen atoms in total. The van der Waals surface area contributed by atoms with Crippen LogP contribution in [0.25, 0.3) is 0 Å². The summed E-state index contributed by atoms with van der Waals surface area (Å²) in [6.45, 7) is 4.79. The fourth-order valence-electron chi connectivity index (χ4n) is 3.65. The maximum atomic E-state index is 13.2. The van der Waals surface area contributed by atoms with Crippen LogP contribution in [0.2, 0.25) is 0 Å². The van der Waals surface area contributed by atoms with E-state index in [1.54, 1.807) is 29.2 Å². The highest BCUT2D eigenvalue weighted by Crippen LogP contribution is 2.23. The second-order valence-corrected chi connectivity index (χ2v) is 7.28. The van der Waals surface area contributed by atoms with Crippen LogP contribution in [-0.4, -0.2) is 42.8 Å². The molecule has 0 N–H and O–H groups in total. The zero-order valence-electron chi connectivity index (χ0n) is 16.5. The third-order valence-corrected chi connectivity index (χ3v) is 5.36. The van der Waals surface area contributed by atoms with Gasteiger partial charge in [0.2, 0.25) is 0 Å². The number of ether oxygens (including phenoxy) is 1. The van der Waals surface area contributed by atoms with Gasteiger partial charge in [0.1, 0.15) is 0 Å². The van der Waals surface area contributed by atoms with Crippen LogP contribution in [0.5, 0.6) is 0 Å². The Labute approximate surface area is 165 Å². The molecule has 1 aliphatic heterocycles. The first kappa shape index (κ1) is 19.8. The predicted octanol–water partition coefficient (Wildman–Crippen LogP) is 3.56. The molecule has 1 heterocycles. The van der Waals surface area contributed by atoms with Crippen LogP contribution >= 0.6 is 0 Å². The van der Waals surface area contributed by atoms with E-state index in [0.717, 1.165) is 11.1 Å². The Morgan fingerprint density at radius 3 is 2.21 bits per heavy atom. The van der Waals surface area contributed by atoms with Crippen molar-refractivity contribution in [1.82, 2.24) is 4.90 Å². The van der Waals surface area contributed by atoms with Crippen molar-refractivity contribution in [3.05, 3.63) is 70.3 Å². The Balaban J connectivity index is 1.84. The molecule has 1 aliphatic rings. The van der Waals surface area contributed by atoms with Gasteiger partial charge in [-0.1, -0.05) is 35.9 Å². The Bertz CT molecular complexity index is 911. The first-order chi connectivity index (χ1) is 13.4. The first-order valence-electron chi connectivity index (χ1n) is 9.50. The van der Waals surface area contributed by atoms with Gasteiger partial charge in [-0.05, 0) is 44.4 Å². The maximum absolute atomic E-state index is 13.2. The Morgan fingerprint density at radius 1 is 0.929 bits per heavy atom. The lowest BCUT2D eigenvalue weighted by Crippen LogP contribution is -2.41. The number of hydrogen-bond donors (Lipinski definition) is 0. The molecule has 0 aliphatic carbocycles. The monoisotopic (exact) mass is 379 g/mol. The van der Waals surface area contributed by atoms with Gasteiger partial charge in [-0.3, -0.25) is 14.4 Å². The minimum Gasteiger partial charge on any atom is -0.469 e. The number of carbonyl (C=O) groups excluding carboxylic acids is 3. The van der Waals surface area contributed by atoms with E-state index >= 15 is 0 Å². The predicted molar refractivity (Wildman–Crippen MR) is 106 cm³/mol. The molecular formula is C23H25NO4. The van der Waals surface area contributed by atoms with Crippen molar-refractivity contribution < 1.29 is 19.1 Å². The van der Waals surface area contributed by atoms with Crippen molar-refractivity contribution in [1.29, 1.82) is 0 Å². The molecule has 0 aromatic heterocycles. The number of ketones is 1. The summed E-state index contributed by atoms with van der Waals surface area (Å²) >= 11 is 0. The van der Waals surface area contributed by atoms with Crippen LogP contribution in [0.4, 0.5) is 0 Å². The molecule has 0 radical (unpaired) electrons. The molecule has 1 saturated heterocycles. The lowest BCUT2D eigenvalue weighted by atomic mass is 9.92. The third-order valence-electron chi connectivity index (χ3n) is 5.36. The topological polar surface area (TPSA) is 63.7 Å². The highest BCUT2D eigenvalue weighted by Gasteiger charge is 2.30. The maximum Gasteiger partial charge on any atom is 0.308 e. The molecule has 0 unspecified atom stereocenters. The number of likely N-dealkylation sites (tertiary alicyclic amines) is 1. The summed E-state index contributed by atoms with van der Waals surface area (Å²) in [6, 6.07) is 12.7. The summed E-state index contributed by atoms with van der Waals surface area (Å²) < 4.78 is 4.80. The van der Waals surface area contributed by atoms with Gasteiger partial charge in [-0.15, -0.1) is 0 Å². The van der Waals surface area contributed by atoms with Crippen molar-refractivity contribution in [2.75, 3.05) is 20.2 Å². The number of methoxy groups -OCH3 is 1. The van der Waals surface area contributed by atoms with Crippen LogP contribution < -0.4 is 0 Å². The number of piperidine rings is 1. The van der Waals surface area contributed by atoms with Gasteiger partial charge in [-0.2, -0.15) is 0 Å². The van der Waals surface area contributed by atoms with E-state index in [-0.39, 0.29) is 23.6 Å². The van der Waals surface area contributed by atoms with Crippen LogP contribution in [0.3, 0.4) is 0 Å². The van der Waals surface area contributed by atoms with E-state index in [1.165, 1.54) is 7.11 Å². The largest absolute Gasteiger partial charge is 0.469 e. The van der Waals surface area contributed by atoms with Gasteiger partial charge < -0.3 is 9.64 Å². The molecule has 0 atom stereocenters. The Morgan fingerprint density at radius 2 is 1.57 bits per heavy atom. The summed E-state index contributed by atoms with van der Waals surface area (Å²) in [6.07, 6.45) is 1.15. The van der Waals surface area contributed by atoms with E-state index in [4.69, 9.17) is 4.74 Å². The number of nitrogens with zero attached hydrogens (tertiary/aromatic N) is 1. The summed E-state index contributed by atoms with van der Waals surface area (Å²) in [4.78, 5) is 39.7. The number of esters is 1. The van der Waals surface area contributed by atoms with Gasteiger partial charge in [-0.25, -0.2) is 0 Å². The van der Waals surface area contributed by atoms with Gasteiger partial charge in [0.15, 0.2) is 5.78 Å². The fourth-order valence-corrected chi connectivity index (χ4v) is 3.65. The van der Waals surface area contributed by atoms with Gasteiger partial charge in [0.05, 0.1) is 18.6 Å². The van der Waals surface area contributed by atoms with Crippen LogP contribution in [0, 0.1) is 19.8 Å². The van der Waals surface area contributed by atoms with Crippen molar-refractivity contribution in [3.63, 3.8) is 0 Å². The molecule has 2 aromatic rings. The zero-order valence-corrected chi connectivity index (χ0v) is 16.5. The molecule has 146 valence electrons. The average Bonchev–Trinajstić information content (AvgIpc) is 2.74. The smallest absolute Gasteiger partial charge is 0.308 e. The minimum atomic E-state index is -0.224. The first-order valence-corrected chi connectivity index (χ1v) is 9.50. The normalized spacial score (nSPS) is 14.6. The van der Waals surface area contributed by atoms with Crippen LogP contribution in [0.1, 0.15) is 50.2 Å². The molecule has 28 heavy (non-hydrogen) atoms. The number of aryl methyl sites for hydroxylation is 2. The van der Waals surface area contributed by atoms with Gasteiger partial charge in [0, 0.05) is 24.2 Å². The Kier molecular flexibility index (Phi) is 5.93. The lowest BCUT2D eigenvalue weighted by Gasteiger charge is -2.31. The molecule has 1 amide bonds. The second-order valence-electron chi connectivity index (χ2n) is 7.28. The van der Waals surface area contributed by atoms with Crippen LogP contribution in [-0.2, 0) is 9.53 Å². The lowest BCUT2D eigenvalue weighted by molar-refractivity contribution is -0.146. The van der Waals surface area contributed by atoms with E-state index in [1.807, 2.05) is 32.0 Å². The number of carbonyl (C=O) groups is 3. The number of amides is 1.